The predicted molar refractivity (Wildman–Crippen MR) is 71.9 cm³/mol. The highest BCUT2D eigenvalue weighted by atomic mass is 32.2. The maximum Gasteiger partial charge on any atom is 0.240 e. The second-order valence-corrected chi connectivity index (χ2v) is 6.38. The lowest BCUT2D eigenvalue weighted by Crippen LogP contribution is -2.34. The molecule has 0 aliphatic heterocycles. The van der Waals surface area contributed by atoms with E-state index >= 15 is 0 Å². The molecule has 0 aromatic heterocycles. The molecule has 100 valence electrons. The first-order valence-electron chi connectivity index (χ1n) is 6.07. The summed E-state index contributed by atoms with van der Waals surface area (Å²) in [5.41, 5.74) is 6.66. The van der Waals surface area contributed by atoms with Crippen molar-refractivity contribution in [2.45, 2.75) is 36.2 Å². The molecule has 0 amide bonds. The molecule has 0 bridgehead atoms. The van der Waals surface area contributed by atoms with Gasteiger partial charge in [0.25, 0.3) is 0 Å². The van der Waals surface area contributed by atoms with Gasteiger partial charge in [0, 0.05) is 24.8 Å². The first kappa shape index (κ1) is 13.3. The molecule has 1 aliphatic rings. The molecule has 4 N–H and O–H groups in total. The predicted octanol–water partition coefficient (Wildman–Crippen LogP) is 0.886. The van der Waals surface area contributed by atoms with E-state index in [9.17, 15) is 8.42 Å². The lowest BCUT2D eigenvalue weighted by atomic mass is 10.2. The van der Waals surface area contributed by atoms with Crippen LogP contribution in [0.25, 0.3) is 0 Å². The summed E-state index contributed by atoms with van der Waals surface area (Å²) in [6, 6.07) is 6.77. The summed E-state index contributed by atoms with van der Waals surface area (Å²) in [5, 5.41) is 2.95. The van der Waals surface area contributed by atoms with Gasteiger partial charge in [0.15, 0.2) is 0 Å². The molecule has 6 heteroatoms. The summed E-state index contributed by atoms with van der Waals surface area (Å²) in [4.78, 5) is 0.293. The van der Waals surface area contributed by atoms with Gasteiger partial charge in [0.1, 0.15) is 0 Å². The fraction of sp³-hybridized carbons (Fsp3) is 0.500. The van der Waals surface area contributed by atoms with Crippen LogP contribution in [0.1, 0.15) is 19.3 Å². The number of nitrogens with two attached hydrogens (primary N) is 1. The largest absolute Gasteiger partial charge is 0.388 e. The molecule has 0 radical (unpaired) electrons. The molecule has 1 aliphatic carbocycles. The normalized spacial score (nSPS) is 24.1. The van der Waals surface area contributed by atoms with Crippen molar-refractivity contribution in [2.75, 3.05) is 12.4 Å². The number of benzene rings is 1. The van der Waals surface area contributed by atoms with Crippen molar-refractivity contribution in [1.82, 2.24) is 4.72 Å². The van der Waals surface area contributed by atoms with Crippen molar-refractivity contribution in [2.24, 2.45) is 5.73 Å². The molecule has 2 atom stereocenters. The first-order chi connectivity index (χ1) is 8.51. The summed E-state index contributed by atoms with van der Waals surface area (Å²) < 4.78 is 27.0. The van der Waals surface area contributed by atoms with Crippen LogP contribution in [-0.2, 0) is 10.0 Å². The highest BCUT2D eigenvalue weighted by molar-refractivity contribution is 7.89. The molecule has 0 heterocycles. The second kappa shape index (κ2) is 5.26. The Morgan fingerprint density at radius 1 is 1.22 bits per heavy atom. The van der Waals surface area contributed by atoms with Crippen molar-refractivity contribution in [3.05, 3.63) is 24.3 Å². The second-order valence-electron chi connectivity index (χ2n) is 4.67. The maximum absolute atomic E-state index is 12.1. The van der Waals surface area contributed by atoms with Crippen molar-refractivity contribution in [1.29, 1.82) is 0 Å². The van der Waals surface area contributed by atoms with Gasteiger partial charge in [-0.1, -0.05) is 0 Å². The van der Waals surface area contributed by atoms with E-state index in [1.165, 1.54) is 0 Å². The smallest absolute Gasteiger partial charge is 0.240 e. The Morgan fingerprint density at radius 2 is 1.89 bits per heavy atom. The Kier molecular flexibility index (Phi) is 3.89. The molecule has 18 heavy (non-hydrogen) atoms. The Morgan fingerprint density at radius 3 is 2.39 bits per heavy atom. The van der Waals surface area contributed by atoms with Gasteiger partial charge >= 0.3 is 0 Å². The first-order valence-corrected chi connectivity index (χ1v) is 7.55. The van der Waals surface area contributed by atoms with Gasteiger partial charge in [-0.05, 0) is 43.5 Å². The minimum absolute atomic E-state index is 0.0334. The lowest BCUT2D eigenvalue weighted by Gasteiger charge is -2.13. The van der Waals surface area contributed by atoms with Gasteiger partial charge in [-0.25, -0.2) is 13.1 Å². The average Bonchev–Trinajstić information content (AvgIpc) is 2.74. The van der Waals surface area contributed by atoms with Gasteiger partial charge < -0.3 is 11.1 Å². The minimum Gasteiger partial charge on any atom is -0.388 e. The zero-order valence-corrected chi connectivity index (χ0v) is 11.2. The van der Waals surface area contributed by atoms with Crippen LogP contribution < -0.4 is 15.8 Å². The topological polar surface area (TPSA) is 84.2 Å². The van der Waals surface area contributed by atoms with E-state index in [1.54, 1.807) is 31.3 Å². The van der Waals surface area contributed by atoms with Crippen molar-refractivity contribution in [3.63, 3.8) is 0 Å². The molecule has 0 spiro atoms. The van der Waals surface area contributed by atoms with Crippen molar-refractivity contribution >= 4 is 15.7 Å². The van der Waals surface area contributed by atoms with Crippen molar-refractivity contribution in [3.8, 4) is 0 Å². The molecule has 1 saturated carbocycles. The van der Waals surface area contributed by atoms with Crippen LogP contribution in [0.3, 0.4) is 0 Å². The van der Waals surface area contributed by atoms with Crippen molar-refractivity contribution < 1.29 is 8.42 Å². The zero-order chi connectivity index (χ0) is 13.2. The quantitative estimate of drug-likeness (QED) is 0.758. The van der Waals surface area contributed by atoms with Gasteiger partial charge in [-0.15, -0.1) is 0 Å². The molecular formula is C12H19N3O2S. The van der Waals surface area contributed by atoms with Gasteiger partial charge in [0.2, 0.25) is 10.0 Å². The molecule has 5 nitrogen and oxygen atoms in total. The fourth-order valence-electron chi connectivity index (χ4n) is 2.21. The lowest BCUT2D eigenvalue weighted by molar-refractivity contribution is 0.549. The van der Waals surface area contributed by atoms with Gasteiger partial charge in [0.05, 0.1) is 4.90 Å². The van der Waals surface area contributed by atoms with Crippen LogP contribution >= 0.6 is 0 Å². The zero-order valence-electron chi connectivity index (χ0n) is 10.4. The Hall–Kier alpha value is -1.11. The Balaban J connectivity index is 2.10. The van der Waals surface area contributed by atoms with E-state index in [0.29, 0.717) is 11.3 Å². The molecule has 1 aromatic rings. The van der Waals surface area contributed by atoms with Crippen LogP contribution in [-0.4, -0.2) is 27.5 Å². The highest BCUT2D eigenvalue weighted by Gasteiger charge is 2.26. The number of hydrogen-bond donors (Lipinski definition) is 3. The number of nitrogens with one attached hydrogen (secondary N) is 2. The molecule has 2 unspecified atom stereocenters. The Labute approximate surface area is 108 Å². The molecule has 1 fully saturated rings. The number of hydrogen-bond acceptors (Lipinski definition) is 4. The summed E-state index contributed by atoms with van der Waals surface area (Å²) in [6.07, 6.45) is 2.41. The van der Waals surface area contributed by atoms with E-state index in [4.69, 9.17) is 5.73 Å². The van der Waals surface area contributed by atoms with Crippen LogP contribution in [0, 0.1) is 0 Å². The standard InChI is InChI=1S/C12H19N3O2S/c1-14-10-4-6-12(7-5-10)18(16,17)15-11-3-2-9(13)8-11/h4-7,9,11,14-15H,2-3,8,13H2,1H3. The van der Waals surface area contributed by atoms with E-state index < -0.39 is 10.0 Å². The van der Waals surface area contributed by atoms with Gasteiger partial charge in [-0.2, -0.15) is 0 Å². The summed E-state index contributed by atoms with van der Waals surface area (Å²) >= 11 is 0. The van der Waals surface area contributed by atoms with E-state index in [-0.39, 0.29) is 12.1 Å². The summed E-state index contributed by atoms with van der Waals surface area (Å²) in [5.74, 6) is 0. The minimum atomic E-state index is -3.43. The highest BCUT2D eigenvalue weighted by Crippen LogP contribution is 2.20. The van der Waals surface area contributed by atoms with Crippen LogP contribution in [0.2, 0.25) is 0 Å². The van der Waals surface area contributed by atoms with E-state index in [1.807, 2.05) is 0 Å². The van der Waals surface area contributed by atoms with Crippen LogP contribution in [0.15, 0.2) is 29.2 Å². The summed E-state index contributed by atoms with van der Waals surface area (Å²) in [7, 11) is -1.63. The Bertz CT molecular complexity index is 499. The SMILES string of the molecule is CNc1ccc(S(=O)(=O)NC2CCC(N)C2)cc1. The molecular weight excluding hydrogens is 250 g/mol. The third-order valence-corrected chi connectivity index (χ3v) is 4.78. The number of sulfonamides is 1. The number of anilines is 1. The third kappa shape index (κ3) is 3.01. The van der Waals surface area contributed by atoms with Gasteiger partial charge in [-0.3, -0.25) is 0 Å². The average molecular weight is 269 g/mol. The molecule has 0 saturated heterocycles. The number of rotatable bonds is 4. The van der Waals surface area contributed by atoms with E-state index in [2.05, 4.69) is 10.0 Å². The fourth-order valence-corrected chi connectivity index (χ4v) is 3.50. The van der Waals surface area contributed by atoms with Crippen LogP contribution in [0.5, 0.6) is 0 Å². The molecule has 2 rings (SSSR count). The van der Waals surface area contributed by atoms with Crippen LogP contribution in [0.4, 0.5) is 5.69 Å². The summed E-state index contributed by atoms with van der Waals surface area (Å²) in [6.45, 7) is 0. The maximum atomic E-state index is 12.1. The monoisotopic (exact) mass is 269 g/mol. The third-order valence-electron chi connectivity index (χ3n) is 3.25. The molecule has 1 aromatic carbocycles. The van der Waals surface area contributed by atoms with E-state index in [0.717, 1.165) is 18.5 Å².